The maximum atomic E-state index is 13.1. The topological polar surface area (TPSA) is 142 Å². The molecule has 0 radical (unpaired) electrons. The Morgan fingerprint density at radius 2 is 1.77 bits per heavy atom. The predicted molar refractivity (Wildman–Crippen MR) is 115 cm³/mol. The van der Waals surface area contributed by atoms with E-state index in [2.05, 4.69) is 10.6 Å². The van der Waals surface area contributed by atoms with Gasteiger partial charge in [-0.25, -0.2) is 0 Å². The molecule has 1 heterocycles. The van der Waals surface area contributed by atoms with Crippen molar-refractivity contribution in [3.8, 4) is 0 Å². The second kappa shape index (κ2) is 11.5. The standard InChI is InChI=1S/C22H32N4O5/c1-16(27)25-18(9-5-6-12-23)20(30)26-13-10-22(11-14-26,17-7-3-2-4-8-17)21(31)24-15-19(28)29/h2-4,7-8,18H,5-6,9-15,23H2,1H3,(H,24,31)(H,25,27)(H,28,29)/t18-/m0/s1. The summed E-state index contributed by atoms with van der Waals surface area (Å²) < 4.78 is 0. The van der Waals surface area contributed by atoms with Gasteiger partial charge in [-0.1, -0.05) is 30.3 Å². The van der Waals surface area contributed by atoms with Crippen molar-refractivity contribution in [3.05, 3.63) is 35.9 Å². The fourth-order valence-corrected chi connectivity index (χ4v) is 4.05. The summed E-state index contributed by atoms with van der Waals surface area (Å²) in [7, 11) is 0. The Hall–Kier alpha value is -2.94. The van der Waals surface area contributed by atoms with E-state index in [9.17, 15) is 19.2 Å². The van der Waals surface area contributed by atoms with E-state index >= 15 is 0 Å². The van der Waals surface area contributed by atoms with Gasteiger partial charge in [0.1, 0.15) is 12.6 Å². The molecule has 0 aliphatic carbocycles. The highest BCUT2D eigenvalue weighted by Crippen LogP contribution is 2.36. The number of carbonyl (C=O) groups is 4. The van der Waals surface area contributed by atoms with Crippen LogP contribution in [-0.4, -0.2) is 65.9 Å². The third-order valence-electron chi connectivity index (χ3n) is 5.71. The van der Waals surface area contributed by atoms with E-state index in [0.29, 0.717) is 38.9 Å². The molecule has 1 aliphatic rings. The van der Waals surface area contributed by atoms with E-state index in [1.165, 1.54) is 6.92 Å². The Balaban J connectivity index is 2.15. The average molecular weight is 433 g/mol. The monoisotopic (exact) mass is 432 g/mol. The van der Waals surface area contributed by atoms with Crippen LogP contribution in [0.2, 0.25) is 0 Å². The smallest absolute Gasteiger partial charge is 0.322 e. The lowest BCUT2D eigenvalue weighted by Crippen LogP contribution is -2.56. The lowest BCUT2D eigenvalue weighted by molar-refractivity contribution is -0.141. The maximum absolute atomic E-state index is 13.1. The Labute approximate surface area is 182 Å². The van der Waals surface area contributed by atoms with E-state index < -0.39 is 24.0 Å². The Morgan fingerprint density at radius 1 is 1.13 bits per heavy atom. The quantitative estimate of drug-likeness (QED) is 0.394. The van der Waals surface area contributed by atoms with Crippen molar-refractivity contribution in [1.29, 1.82) is 0 Å². The van der Waals surface area contributed by atoms with Gasteiger partial charge in [0, 0.05) is 20.0 Å². The molecule has 1 aromatic carbocycles. The minimum Gasteiger partial charge on any atom is -0.480 e. The van der Waals surface area contributed by atoms with Crippen LogP contribution in [0.3, 0.4) is 0 Å². The highest BCUT2D eigenvalue weighted by atomic mass is 16.4. The molecule has 0 bridgehead atoms. The minimum atomic E-state index is -1.11. The molecule has 2 rings (SSSR count). The van der Waals surface area contributed by atoms with Gasteiger partial charge in [-0.2, -0.15) is 0 Å². The number of hydrogen-bond acceptors (Lipinski definition) is 5. The van der Waals surface area contributed by atoms with E-state index in [1.807, 2.05) is 30.3 Å². The van der Waals surface area contributed by atoms with Crippen molar-refractivity contribution in [2.75, 3.05) is 26.2 Å². The summed E-state index contributed by atoms with van der Waals surface area (Å²) in [5.74, 6) is -1.90. The van der Waals surface area contributed by atoms with Gasteiger partial charge in [-0.15, -0.1) is 0 Å². The van der Waals surface area contributed by atoms with Gasteiger partial charge in [-0.05, 0) is 44.2 Å². The first-order valence-corrected chi connectivity index (χ1v) is 10.6. The molecular weight excluding hydrogens is 400 g/mol. The number of aliphatic carboxylic acids is 1. The van der Waals surface area contributed by atoms with Crippen LogP contribution in [0.4, 0.5) is 0 Å². The van der Waals surface area contributed by atoms with E-state index in [1.54, 1.807) is 4.90 Å². The molecule has 0 spiro atoms. The highest BCUT2D eigenvalue weighted by molar-refractivity contribution is 5.91. The number of nitrogens with two attached hydrogens (primary N) is 1. The number of likely N-dealkylation sites (tertiary alicyclic amines) is 1. The number of nitrogens with one attached hydrogen (secondary N) is 2. The number of carboxylic acids is 1. The zero-order valence-electron chi connectivity index (χ0n) is 17.9. The number of hydrogen-bond donors (Lipinski definition) is 4. The molecular formula is C22H32N4O5. The second-order valence-electron chi connectivity index (χ2n) is 7.89. The van der Waals surface area contributed by atoms with Crippen molar-refractivity contribution in [3.63, 3.8) is 0 Å². The van der Waals surface area contributed by atoms with Crippen molar-refractivity contribution in [2.24, 2.45) is 5.73 Å². The largest absolute Gasteiger partial charge is 0.480 e. The summed E-state index contributed by atoms with van der Waals surface area (Å²) in [4.78, 5) is 50.2. The lowest BCUT2D eigenvalue weighted by Gasteiger charge is -2.42. The van der Waals surface area contributed by atoms with Gasteiger partial charge in [0.05, 0.1) is 5.41 Å². The summed E-state index contributed by atoms with van der Waals surface area (Å²) in [6.07, 6.45) is 2.74. The number of rotatable bonds is 10. The molecule has 0 unspecified atom stereocenters. The normalized spacial score (nSPS) is 16.3. The van der Waals surface area contributed by atoms with Gasteiger partial charge in [0.15, 0.2) is 0 Å². The molecule has 170 valence electrons. The second-order valence-corrected chi connectivity index (χ2v) is 7.89. The molecule has 1 aliphatic heterocycles. The first-order chi connectivity index (χ1) is 14.8. The number of carboxylic acid groups (broad SMARTS) is 1. The molecule has 9 nitrogen and oxygen atoms in total. The number of amides is 3. The molecule has 5 N–H and O–H groups in total. The maximum Gasteiger partial charge on any atom is 0.322 e. The van der Waals surface area contributed by atoms with Crippen LogP contribution in [0.25, 0.3) is 0 Å². The van der Waals surface area contributed by atoms with Crippen molar-refractivity contribution >= 4 is 23.7 Å². The molecule has 3 amide bonds. The van der Waals surface area contributed by atoms with Crippen molar-refractivity contribution < 1.29 is 24.3 Å². The van der Waals surface area contributed by atoms with Crippen LogP contribution >= 0.6 is 0 Å². The fourth-order valence-electron chi connectivity index (χ4n) is 4.05. The average Bonchev–Trinajstić information content (AvgIpc) is 2.76. The summed E-state index contributed by atoms with van der Waals surface area (Å²) in [6, 6.07) is 8.61. The van der Waals surface area contributed by atoms with Crippen LogP contribution in [-0.2, 0) is 24.6 Å². The molecule has 1 fully saturated rings. The predicted octanol–water partition coefficient (Wildman–Crippen LogP) is 0.381. The number of benzene rings is 1. The molecule has 0 aromatic heterocycles. The van der Waals surface area contributed by atoms with E-state index in [-0.39, 0.29) is 17.7 Å². The summed E-state index contributed by atoms with van der Waals surface area (Å²) in [5, 5.41) is 14.2. The summed E-state index contributed by atoms with van der Waals surface area (Å²) in [5.41, 5.74) is 5.43. The molecule has 0 saturated carbocycles. The Kier molecular flexibility index (Phi) is 8.99. The van der Waals surface area contributed by atoms with Crippen LogP contribution in [0.5, 0.6) is 0 Å². The lowest BCUT2D eigenvalue weighted by atomic mass is 9.72. The Morgan fingerprint density at radius 3 is 2.32 bits per heavy atom. The van der Waals surface area contributed by atoms with E-state index in [0.717, 1.165) is 18.4 Å². The molecule has 1 atom stereocenters. The first kappa shape index (κ1) is 24.3. The van der Waals surface area contributed by atoms with Gasteiger partial charge >= 0.3 is 5.97 Å². The van der Waals surface area contributed by atoms with Crippen molar-refractivity contribution in [1.82, 2.24) is 15.5 Å². The van der Waals surface area contributed by atoms with Crippen LogP contribution in [0, 0.1) is 0 Å². The summed E-state index contributed by atoms with van der Waals surface area (Å²) in [6.45, 7) is 2.12. The van der Waals surface area contributed by atoms with Crippen LogP contribution in [0.1, 0.15) is 44.6 Å². The van der Waals surface area contributed by atoms with Gasteiger partial charge < -0.3 is 26.4 Å². The zero-order chi connectivity index (χ0) is 22.9. The van der Waals surface area contributed by atoms with Gasteiger partial charge in [0.2, 0.25) is 17.7 Å². The third-order valence-corrected chi connectivity index (χ3v) is 5.71. The van der Waals surface area contributed by atoms with Gasteiger partial charge in [0.25, 0.3) is 0 Å². The van der Waals surface area contributed by atoms with Crippen LogP contribution in [0.15, 0.2) is 30.3 Å². The van der Waals surface area contributed by atoms with Crippen molar-refractivity contribution in [2.45, 2.75) is 50.5 Å². The molecule has 1 aromatic rings. The number of nitrogens with zero attached hydrogens (tertiary/aromatic N) is 1. The first-order valence-electron chi connectivity index (χ1n) is 10.6. The van der Waals surface area contributed by atoms with E-state index in [4.69, 9.17) is 10.8 Å². The number of piperidine rings is 1. The molecule has 9 heteroatoms. The Bertz CT molecular complexity index is 775. The zero-order valence-corrected chi connectivity index (χ0v) is 17.9. The third kappa shape index (κ3) is 6.52. The molecule has 1 saturated heterocycles. The fraction of sp³-hybridized carbons (Fsp3) is 0.545. The van der Waals surface area contributed by atoms with Gasteiger partial charge in [-0.3, -0.25) is 19.2 Å². The number of unbranched alkanes of at least 4 members (excludes halogenated alkanes) is 1. The molecule has 31 heavy (non-hydrogen) atoms. The SMILES string of the molecule is CC(=O)N[C@@H](CCCCN)C(=O)N1CCC(C(=O)NCC(=O)O)(c2ccccc2)CC1. The summed E-state index contributed by atoms with van der Waals surface area (Å²) >= 11 is 0. The highest BCUT2D eigenvalue weighted by Gasteiger charge is 2.44. The minimum absolute atomic E-state index is 0.167. The van der Waals surface area contributed by atoms with Crippen LogP contribution < -0.4 is 16.4 Å². The number of carbonyl (C=O) groups excluding carboxylic acids is 3.